The Morgan fingerprint density at radius 1 is 1.16 bits per heavy atom. The first-order chi connectivity index (χ1) is 29.6. The number of nitrogens with zero attached hydrogens (tertiary/aromatic N) is 3. The van der Waals surface area contributed by atoms with Crippen LogP contribution in [0.3, 0.4) is 0 Å². The summed E-state index contributed by atoms with van der Waals surface area (Å²) in [5.41, 5.74) is -4.11. The quantitative estimate of drug-likeness (QED) is 0.192. The molecule has 0 spiro atoms. The summed E-state index contributed by atoms with van der Waals surface area (Å²) >= 11 is 0. The SMILES string of the molecule is CC[C@@H]1C[C@@H](C)CCC=C[C@@H]2C[C@@]2(C(=O)NS(=O)(=O)C2(CF)CC2)NC(=O)[C@@H]2C[C@@H](Oc3nc4c(c5cc(OC)ccc35)CCCO4)CN2C(=O)[C@H]1N(C(=O)O)C(C)(C)C(F)(F)F. The Morgan fingerprint density at radius 3 is 2.52 bits per heavy atom. The van der Waals surface area contributed by atoms with E-state index < -0.39 is 99.1 Å². The van der Waals surface area contributed by atoms with Crippen LogP contribution >= 0.6 is 0 Å². The molecular formula is C43H55F4N5O10S. The summed E-state index contributed by atoms with van der Waals surface area (Å²) in [6.07, 6.45) is -2.54. The van der Waals surface area contributed by atoms with Gasteiger partial charge in [0.05, 0.1) is 20.3 Å². The lowest BCUT2D eigenvalue weighted by atomic mass is 9.82. The van der Waals surface area contributed by atoms with E-state index in [9.17, 15) is 45.5 Å². The van der Waals surface area contributed by atoms with E-state index >= 15 is 4.79 Å². The highest BCUT2D eigenvalue weighted by molar-refractivity contribution is 7.91. The largest absolute Gasteiger partial charge is 0.497 e. The molecule has 7 rings (SSSR count). The molecule has 7 atom stereocenters. The Kier molecular flexibility index (Phi) is 12.4. The number of nitrogens with one attached hydrogen (secondary N) is 2. The minimum atomic E-state index is -5.13. The van der Waals surface area contributed by atoms with Crippen LogP contribution in [0.5, 0.6) is 17.5 Å². The molecular weight excluding hydrogens is 855 g/mol. The van der Waals surface area contributed by atoms with Crippen molar-refractivity contribution in [2.24, 2.45) is 17.8 Å². The Labute approximate surface area is 363 Å². The van der Waals surface area contributed by atoms with Crippen molar-refractivity contribution >= 4 is 44.6 Å². The number of hydrogen-bond donors (Lipinski definition) is 3. The van der Waals surface area contributed by atoms with Gasteiger partial charge in [-0.1, -0.05) is 32.4 Å². The minimum Gasteiger partial charge on any atom is -0.497 e. The Hall–Kier alpha value is -4.88. The lowest BCUT2D eigenvalue weighted by molar-refractivity contribution is -0.222. The molecule has 1 aromatic heterocycles. The van der Waals surface area contributed by atoms with Gasteiger partial charge in [0.1, 0.15) is 46.4 Å². The molecule has 4 heterocycles. The molecule has 0 radical (unpaired) electrons. The van der Waals surface area contributed by atoms with Gasteiger partial charge in [0.25, 0.3) is 5.91 Å². The number of carbonyl (C=O) groups is 4. The first-order valence-corrected chi connectivity index (χ1v) is 22.9. The van der Waals surface area contributed by atoms with Crippen LogP contribution in [-0.4, -0.2) is 119 Å². The van der Waals surface area contributed by atoms with Gasteiger partial charge in [-0.3, -0.25) is 24.0 Å². The van der Waals surface area contributed by atoms with Gasteiger partial charge >= 0.3 is 12.3 Å². The van der Waals surface area contributed by atoms with Gasteiger partial charge in [-0.05, 0) is 101 Å². The molecule has 5 aliphatic rings. The summed E-state index contributed by atoms with van der Waals surface area (Å²) in [6, 6.07) is 1.75. The number of alkyl halides is 4. The van der Waals surface area contributed by atoms with Gasteiger partial charge < -0.3 is 29.5 Å². The molecule has 3 N–H and O–H groups in total. The Morgan fingerprint density at radius 2 is 1.89 bits per heavy atom. The summed E-state index contributed by atoms with van der Waals surface area (Å²) in [5.74, 6) is -4.07. The van der Waals surface area contributed by atoms with E-state index in [1.54, 1.807) is 37.3 Å². The van der Waals surface area contributed by atoms with E-state index in [0.29, 0.717) is 56.7 Å². The van der Waals surface area contributed by atoms with Gasteiger partial charge in [0.2, 0.25) is 33.6 Å². The van der Waals surface area contributed by atoms with Crippen LogP contribution in [0.1, 0.15) is 91.0 Å². The molecule has 2 aliphatic carbocycles. The predicted octanol–water partition coefficient (Wildman–Crippen LogP) is 5.83. The van der Waals surface area contributed by atoms with Crippen molar-refractivity contribution < 1.29 is 64.5 Å². The van der Waals surface area contributed by atoms with Crippen molar-refractivity contribution in [1.29, 1.82) is 0 Å². The fraction of sp³-hybridized carbons (Fsp3) is 0.651. The second kappa shape index (κ2) is 16.9. The highest BCUT2D eigenvalue weighted by atomic mass is 32.2. The van der Waals surface area contributed by atoms with Crippen molar-refractivity contribution in [3.8, 4) is 17.5 Å². The molecule has 2 aromatic rings. The van der Waals surface area contributed by atoms with E-state index in [4.69, 9.17) is 14.2 Å². The fourth-order valence-electron chi connectivity index (χ4n) is 9.37. The van der Waals surface area contributed by atoms with E-state index in [-0.39, 0.29) is 55.2 Å². The number of hydrogen-bond acceptors (Lipinski definition) is 10. The molecule has 63 heavy (non-hydrogen) atoms. The molecule has 1 aromatic carbocycles. The molecule has 346 valence electrons. The number of pyridine rings is 1. The van der Waals surface area contributed by atoms with E-state index in [1.165, 1.54) is 7.11 Å². The number of allylic oxidation sites excluding steroid dienone is 1. The number of halogens is 4. The smallest absolute Gasteiger partial charge is 0.411 e. The maximum Gasteiger partial charge on any atom is 0.411 e. The predicted molar refractivity (Wildman–Crippen MR) is 220 cm³/mol. The normalized spacial score (nSPS) is 28.6. The maximum atomic E-state index is 15.3. The highest BCUT2D eigenvalue weighted by Crippen LogP contribution is 2.49. The Balaban J connectivity index is 1.32. The van der Waals surface area contributed by atoms with Crippen LogP contribution in [0, 0.1) is 17.8 Å². The standard InChI is InChI=1S/C43H55F4N5O10S/c1-6-25-18-24(2)10-7-8-11-26-21-42(26,38(55)50-63(58,59)41(23-44)15-16-41)49-34(53)32-20-28(22-51(32)37(54)33(25)52(39(56)57)40(3,4)43(45,46)47)62-36-30-14-13-27(60-5)19-31(30)29-12-9-17-61-35(29)48-36/h8,11,13-14,19,24-26,28,32-33H,6-7,9-10,12,15-18,20-23H2,1-5H3,(H,49,53)(H,50,55)(H,56,57)/t24-,25+,26+,28+,32-,33-,42+/m0/s1. The minimum absolute atomic E-state index is 0.0000190. The Bertz CT molecular complexity index is 2290. The molecule has 0 bridgehead atoms. The lowest BCUT2D eigenvalue weighted by Gasteiger charge is -2.46. The van der Waals surface area contributed by atoms with Crippen LogP contribution in [0.25, 0.3) is 10.8 Å². The van der Waals surface area contributed by atoms with Crippen molar-refractivity contribution in [2.75, 3.05) is 26.9 Å². The number of methoxy groups -OCH3 is 1. The molecule has 1 saturated heterocycles. The van der Waals surface area contributed by atoms with E-state index in [2.05, 4.69) is 10.3 Å². The molecule has 4 amide bonds. The van der Waals surface area contributed by atoms with Crippen LogP contribution in [-0.2, 0) is 30.8 Å². The number of aromatic nitrogens is 1. The summed E-state index contributed by atoms with van der Waals surface area (Å²) in [5, 5.41) is 14.6. The summed E-state index contributed by atoms with van der Waals surface area (Å²) < 4.78 is 103. The molecule has 15 nitrogen and oxygen atoms in total. The average Bonchev–Trinajstić information content (AvgIpc) is 4.14. The number of ether oxygens (including phenoxy) is 3. The number of aryl methyl sites for hydroxylation is 1. The van der Waals surface area contributed by atoms with Crippen LogP contribution < -0.4 is 24.2 Å². The third-order valence-electron chi connectivity index (χ3n) is 13.7. The molecule has 20 heteroatoms. The zero-order valence-electron chi connectivity index (χ0n) is 35.9. The second-order valence-electron chi connectivity index (χ2n) is 18.2. The number of fused-ring (bicyclic) bond motifs is 5. The van der Waals surface area contributed by atoms with Crippen LogP contribution in [0.15, 0.2) is 30.4 Å². The van der Waals surface area contributed by atoms with Gasteiger partial charge in [-0.15, -0.1) is 0 Å². The molecule has 2 saturated carbocycles. The number of rotatable bonds is 10. The zero-order chi connectivity index (χ0) is 45.9. The second-order valence-corrected chi connectivity index (χ2v) is 20.3. The molecule has 3 fully saturated rings. The van der Waals surface area contributed by atoms with E-state index in [1.807, 2.05) is 11.6 Å². The first kappa shape index (κ1) is 46.1. The number of carboxylic acid groups (broad SMARTS) is 1. The number of carbonyl (C=O) groups excluding carboxylic acids is 3. The van der Waals surface area contributed by atoms with Gasteiger partial charge in [0, 0.05) is 23.3 Å². The third-order valence-corrected chi connectivity index (χ3v) is 15.8. The van der Waals surface area contributed by atoms with Crippen molar-refractivity contribution in [1.82, 2.24) is 24.8 Å². The van der Waals surface area contributed by atoms with Crippen molar-refractivity contribution in [3.63, 3.8) is 0 Å². The first-order valence-electron chi connectivity index (χ1n) is 21.4. The highest BCUT2D eigenvalue weighted by Gasteiger charge is 2.64. The van der Waals surface area contributed by atoms with Crippen LogP contribution in [0.2, 0.25) is 0 Å². The molecule has 0 unspecified atom stereocenters. The summed E-state index contributed by atoms with van der Waals surface area (Å²) in [7, 11) is -3.00. The monoisotopic (exact) mass is 909 g/mol. The number of benzene rings is 1. The lowest BCUT2D eigenvalue weighted by Crippen LogP contribution is -2.66. The fourth-order valence-corrected chi connectivity index (χ4v) is 10.8. The van der Waals surface area contributed by atoms with Gasteiger partial charge in [-0.2, -0.15) is 18.2 Å². The molecule has 3 aliphatic heterocycles. The van der Waals surface area contributed by atoms with Crippen molar-refractivity contribution in [3.05, 3.63) is 35.9 Å². The van der Waals surface area contributed by atoms with Crippen molar-refractivity contribution in [2.45, 2.75) is 132 Å². The van der Waals surface area contributed by atoms with E-state index in [0.717, 1.165) is 22.3 Å². The number of amides is 4. The summed E-state index contributed by atoms with van der Waals surface area (Å²) in [4.78, 5) is 63.0. The van der Waals surface area contributed by atoms with Gasteiger partial charge in [0.15, 0.2) is 0 Å². The third kappa shape index (κ3) is 8.47. The summed E-state index contributed by atoms with van der Waals surface area (Å²) in [6.45, 7) is 3.64. The van der Waals surface area contributed by atoms with Gasteiger partial charge in [-0.25, -0.2) is 17.6 Å². The average molecular weight is 910 g/mol. The zero-order valence-corrected chi connectivity index (χ0v) is 36.7. The number of sulfonamides is 1. The van der Waals surface area contributed by atoms with Crippen LogP contribution in [0.4, 0.5) is 22.4 Å². The topological polar surface area (TPSA) is 194 Å². The maximum absolute atomic E-state index is 15.3.